The van der Waals surface area contributed by atoms with Gasteiger partial charge in [-0.1, -0.05) is 71.8 Å². The van der Waals surface area contributed by atoms with Gasteiger partial charge in [0.25, 0.3) is 0 Å². The molecule has 0 radical (unpaired) electrons. The highest BCUT2D eigenvalue weighted by molar-refractivity contribution is 6.88. The number of nitrogens with zero attached hydrogens (tertiary/aromatic N) is 4. The molecule has 0 saturated heterocycles. The number of para-hydroxylation sites is 1. The molecule has 0 fully saturated rings. The van der Waals surface area contributed by atoms with E-state index in [0.29, 0.717) is 0 Å². The summed E-state index contributed by atoms with van der Waals surface area (Å²) in [7, 11) is 0. The highest BCUT2D eigenvalue weighted by atomic mass is 15.0. The second-order valence-electron chi connectivity index (χ2n) is 11.8. The summed E-state index contributed by atoms with van der Waals surface area (Å²) in [5, 5.41) is 6.33. The van der Waals surface area contributed by atoms with Crippen LogP contribution in [0.3, 0.4) is 0 Å². The first-order chi connectivity index (χ1) is 20.0. The molecule has 0 atom stereocenters. The predicted molar refractivity (Wildman–Crippen MR) is 173 cm³/mol. The third kappa shape index (κ3) is 2.85. The van der Waals surface area contributed by atoms with Gasteiger partial charge >= 0.3 is 6.85 Å². The molecule has 0 bridgehead atoms. The predicted octanol–water partition coefficient (Wildman–Crippen LogP) is 7.04. The monoisotopic (exact) mass is 526 g/mol. The molecule has 9 rings (SSSR count). The maximum atomic E-state index is 4.87. The Balaban J connectivity index is 1.57. The molecule has 41 heavy (non-hydrogen) atoms. The summed E-state index contributed by atoms with van der Waals surface area (Å²) in [6.07, 6.45) is 3.65. The van der Waals surface area contributed by atoms with Crippen molar-refractivity contribution in [3.05, 3.63) is 114 Å². The molecule has 0 saturated carbocycles. The van der Waals surface area contributed by atoms with Crippen molar-refractivity contribution < 1.29 is 0 Å². The van der Waals surface area contributed by atoms with Gasteiger partial charge in [-0.2, -0.15) is 0 Å². The highest BCUT2D eigenvalue weighted by Gasteiger charge is 2.37. The van der Waals surface area contributed by atoms with E-state index in [2.05, 4.69) is 121 Å². The van der Waals surface area contributed by atoms with E-state index in [0.717, 1.165) is 11.0 Å². The van der Waals surface area contributed by atoms with Gasteiger partial charge in [0.1, 0.15) is 11.8 Å². The van der Waals surface area contributed by atoms with Crippen LogP contribution in [0.1, 0.15) is 22.3 Å². The number of benzene rings is 5. The van der Waals surface area contributed by atoms with E-state index in [1.54, 1.807) is 6.33 Å². The maximum absolute atomic E-state index is 4.87. The minimum atomic E-state index is -0.00844. The molecule has 4 nitrogen and oxygen atoms in total. The summed E-state index contributed by atoms with van der Waals surface area (Å²) in [6.45, 7) is 8.95. The van der Waals surface area contributed by atoms with E-state index in [-0.39, 0.29) is 6.85 Å². The normalized spacial score (nSPS) is 12.8. The van der Waals surface area contributed by atoms with Crippen LogP contribution in [0.2, 0.25) is 0 Å². The van der Waals surface area contributed by atoms with Crippen LogP contribution in [0.25, 0.3) is 60.2 Å². The van der Waals surface area contributed by atoms with Crippen LogP contribution in [0, 0.1) is 27.7 Å². The summed E-state index contributed by atoms with van der Waals surface area (Å²) >= 11 is 0. The number of fused-ring (bicyclic) bond motifs is 10. The number of aryl methyl sites for hydroxylation is 4. The molecule has 5 aromatic carbocycles. The molecule has 0 N–H and O–H groups in total. The van der Waals surface area contributed by atoms with Crippen LogP contribution in [-0.4, -0.2) is 25.9 Å². The molecular formula is C36H27BN4. The van der Waals surface area contributed by atoms with Crippen molar-refractivity contribution in [1.82, 2.24) is 19.0 Å². The van der Waals surface area contributed by atoms with Gasteiger partial charge in [0.2, 0.25) is 0 Å². The lowest BCUT2D eigenvalue weighted by Crippen LogP contribution is -2.53. The topological polar surface area (TPSA) is 35.6 Å². The number of hydrogen-bond acceptors (Lipinski definition) is 2. The molecule has 1 aliphatic heterocycles. The Morgan fingerprint density at radius 1 is 0.659 bits per heavy atom. The van der Waals surface area contributed by atoms with Crippen molar-refractivity contribution in [2.45, 2.75) is 27.7 Å². The largest absolute Gasteiger partial charge is 0.375 e. The smallest absolute Gasteiger partial charge is 0.332 e. The average molecular weight is 526 g/mol. The first-order valence-electron chi connectivity index (χ1n) is 14.3. The standard InChI is InChI=1S/C36H27BN4/c1-20-13-22(3)34-26(15-20)27-16-21(2)14-23(4)35(27)41(34)37-28-11-7-8-12-30(28)40-31-18-38-19-39-33(31)32-25-10-6-5-9-24(25)17-29(37)36(32)40/h5-19H,1-4H3. The van der Waals surface area contributed by atoms with Crippen molar-refractivity contribution in [1.29, 1.82) is 0 Å². The lowest BCUT2D eigenvalue weighted by Gasteiger charge is -2.29. The Labute approximate surface area is 238 Å². The molecule has 0 spiro atoms. The Morgan fingerprint density at radius 2 is 1.34 bits per heavy atom. The summed E-state index contributed by atoms with van der Waals surface area (Å²) in [5.41, 5.74) is 14.9. The minimum absolute atomic E-state index is 0.00844. The zero-order valence-corrected chi connectivity index (χ0v) is 23.5. The van der Waals surface area contributed by atoms with E-state index in [4.69, 9.17) is 4.98 Å². The molecule has 0 amide bonds. The summed E-state index contributed by atoms with van der Waals surface area (Å²) in [6, 6.07) is 29.5. The fourth-order valence-electron chi connectivity index (χ4n) is 7.80. The zero-order valence-electron chi connectivity index (χ0n) is 23.5. The van der Waals surface area contributed by atoms with Gasteiger partial charge in [-0.05, 0) is 78.7 Å². The van der Waals surface area contributed by atoms with Crippen molar-refractivity contribution in [2.24, 2.45) is 0 Å². The Kier molecular flexibility index (Phi) is 4.38. The molecule has 194 valence electrons. The summed E-state index contributed by atoms with van der Waals surface area (Å²) in [5.74, 6) is 0. The van der Waals surface area contributed by atoms with Gasteiger partial charge in [-0.15, -0.1) is 0 Å². The van der Waals surface area contributed by atoms with Crippen molar-refractivity contribution in [3.63, 3.8) is 0 Å². The molecule has 8 aromatic rings. The first kappa shape index (κ1) is 22.9. The van der Waals surface area contributed by atoms with Gasteiger partial charge in [0, 0.05) is 32.9 Å². The van der Waals surface area contributed by atoms with Gasteiger partial charge in [-0.25, -0.2) is 9.97 Å². The number of aromatic nitrogens is 4. The molecule has 0 unspecified atom stereocenters. The van der Waals surface area contributed by atoms with Gasteiger partial charge in [-0.3, -0.25) is 0 Å². The Morgan fingerprint density at radius 3 is 2.10 bits per heavy atom. The molecular weight excluding hydrogens is 499 g/mol. The first-order valence-corrected chi connectivity index (χ1v) is 14.3. The maximum Gasteiger partial charge on any atom is 0.332 e. The Hall–Kier alpha value is -4.90. The molecule has 0 aliphatic carbocycles. The average Bonchev–Trinajstić information content (AvgIpc) is 3.48. The quantitative estimate of drug-likeness (QED) is 0.215. The lowest BCUT2D eigenvalue weighted by atomic mass is 9.48. The number of rotatable bonds is 1. The Bertz CT molecular complexity index is 2360. The van der Waals surface area contributed by atoms with Gasteiger partial charge in [0.15, 0.2) is 0 Å². The van der Waals surface area contributed by atoms with E-state index >= 15 is 0 Å². The van der Waals surface area contributed by atoms with Crippen molar-refractivity contribution in [2.75, 3.05) is 0 Å². The van der Waals surface area contributed by atoms with Crippen molar-refractivity contribution in [3.8, 4) is 5.69 Å². The minimum Gasteiger partial charge on any atom is -0.375 e. The fraction of sp³-hybridized carbons (Fsp3) is 0.111. The molecule has 1 aliphatic rings. The van der Waals surface area contributed by atoms with Crippen LogP contribution >= 0.6 is 0 Å². The van der Waals surface area contributed by atoms with Crippen LogP contribution in [0.4, 0.5) is 0 Å². The second kappa shape index (κ2) is 7.85. The second-order valence-corrected chi connectivity index (χ2v) is 11.8. The molecule has 4 heterocycles. The van der Waals surface area contributed by atoms with Crippen LogP contribution < -0.4 is 10.9 Å². The molecule has 5 heteroatoms. The van der Waals surface area contributed by atoms with Gasteiger partial charge < -0.3 is 9.05 Å². The highest BCUT2D eigenvalue weighted by Crippen LogP contribution is 2.39. The summed E-state index contributed by atoms with van der Waals surface area (Å²) < 4.78 is 5.05. The molecule has 3 aromatic heterocycles. The number of hydrogen-bond donors (Lipinski definition) is 0. The van der Waals surface area contributed by atoms with Crippen LogP contribution in [0.5, 0.6) is 0 Å². The van der Waals surface area contributed by atoms with Crippen LogP contribution in [-0.2, 0) is 0 Å². The third-order valence-corrected chi connectivity index (χ3v) is 9.13. The zero-order chi connectivity index (χ0) is 27.6. The van der Waals surface area contributed by atoms with E-state index < -0.39 is 0 Å². The van der Waals surface area contributed by atoms with E-state index in [1.165, 1.54) is 82.3 Å². The van der Waals surface area contributed by atoms with Gasteiger partial charge in [0.05, 0.1) is 17.2 Å². The summed E-state index contributed by atoms with van der Waals surface area (Å²) in [4.78, 5) is 9.34. The SMILES string of the molecule is Cc1cc(C)c2c(c1)c1cc(C)cc(C)c1n2B1c2ccccc2-n2c3cncnc3c3c4ccccc4cc1c32. The third-order valence-electron chi connectivity index (χ3n) is 9.13. The van der Waals surface area contributed by atoms with Crippen LogP contribution in [0.15, 0.2) is 91.4 Å². The van der Waals surface area contributed by atoms with Crippen molar-refractivity contribution >= 4 is 72.3 Å². The fourth-order valence-corrected chi connectivity index (χ4v) is 7.80. The lowest BCUT2D eigenvalue weighted by molar-refractivity contribution is 1.14. The van der Waals surface area contributed by atoms with E-state index in [1.807, 2.05) is 6.20 Å². The van der Waals surface area contributed by atoms with E-state index in [9.17, 15) is 0 Å².